The first kappa shape index (κ1) is 12.8. The summed E-state index contributed by atoms with van der Waals surface area (Å²) in [6.07, 6.45) is 0.938. The van der Waals surface area contributed by atoms with E-state index in [1.165, 1.54) is 0 Å². The Morgan fingerprint density at radius 1 is 1.44 bits per heavy atom. The number of rotatable bonds is 4. The van der Waals surface area contributed by atoms with Crippen LogP contribution < -0.4 is 0 Å². The van der Waals surface area contributed by atoms with Gasteiger partial charge in [0.2, 0.25) is 0 Å². The van der Waals surface area contributed by atoms with Gasteiger partial charge < -0.3 is 7.65 Å². The van der Waals surface area contributed by atoms with E-state index in [1.54, 1.807) is 0 Å². The molecule has 0 aromatic rings. The molecule has 3 heteroatoms. The maximum absolute atomic E-state index is 9.89. The average Bonchev–Trinajstić information content (AvgIpc) is 1.83. The molecule has 0 heterocycles. The molecule has 0 aliphatic rings. The Morgan fingerprint density at radius 3 is 2.00 bits per heavy atom. The van der Waals surface area contributed by atoms with Crippen molar-refractivity contribution in [3.05, 3.63) is 0 Å². The number of carbonyl (C=O) groups is 1. The Labute approximate surface area is 100 Å². The molecule has 0 atom stereocenters. The van der Waals surface area contributed by atoms with Gasteiger partial charge in [-0.1, -0.05) is 13.8 Å². The molecule has 0 fully saturated rings. The number of aldehydes is 1. The van der Waals surface area contributed by atoms with Crippen molar-refractivity contribution in [3.63, 3.8) is 0 Å². The minimum absolute atomic E-state index is 0. The van der Waals surface area contributed by atoms with E-state index in [0.29, 0.717) is 6.54 Å². The second-order valence-electron chi connectivity index (χ2n) is 1.65. The van der Waals surface area contributed by atoms with Crippen LogP contribution in [0.15, 0.2) is 0 Å². The summed E-state index contributed by atoms with van der Waals surface area (Å²) in [6, 6.07) is 0. The van der Waals surface area contributed by atoms with E-state index in [1.807, 2.05) is 13.8 Å². The normalized spacial score (nSPS) is 8.78. The minimum Gasteiger partial charge on any atom is -1.00 e. The van der Waals surface area contributed by atoms with Gasteiger partial charge in [-0.25, -0.2) is 0 Å². The molecule has 0 aliphatic heterocycles. The Morgan fingerprint density at radius 2 is 1.89 bits per heavy atom. The third kappa shape index (κ3) is 7.09. The summed E-state index contributed by atoms with van der Waals surface area (Å²) in [5, 5.41) is 0. The third-order valence-corrected chi connectivity index (χ3v) is 1.23. The smallest absolute Gasteiger partial charge is 1.00 e. The maximum Gasteiger partial charge on any atom is 2.00 e. The Bertz CT molecular complexity index is 71.6. The van der Waals surface area contributed by atoms with Gasteiger partial charge in [-0.05, 0) is 13.1 Å². The molecule has 0 unspecified atom stereocenters. The molecule has 0 spiro atoms. The number of carbonyl (C=O) groups excluding carboxylic acids is 1. The van der Waals surface area contributed by atoms with Gasteiger partial charge in [-0.2, -0.15) is 0 Å². The van der Waals surface area contributed by atoms with Crippen LogP contribution in [0.2, 0.25) is 0 Å². The van der Waals surface area contributed by atoms with Crippen LogP contribution in [0, 0.1) is 0 Å². The summed E-state index contributed by atoms with van der Waals surface area (Å²) in [6.45, 7) is 6.61. The minimum atomic E-state index is 0. The van der Waals surface area contributed by atoms with Crippen molar-refractivity contribution in [1.29, 1.82) is 0 Å². The predicted octanol–water partition coefficient (Wildman–Crippen LogP) is 0.371. The fourth-order valence-corrected chi connectivity index (χ4v) is 0.587. The van der Waals surface area contributed by atoms with Crippen LogP contribution in [0.25, 0.3) is 0 Å². The maximum atomic E-state index is 9.89. The molecule has 2 nitrogen and oxygen atoms in total. The van der Waals surface area contributed by atoms with Crippen LogP contribution in [0.1, 0.15) is 16.7 Å². The van der Waals surface area contributed by atoms with Crippen LogP contribution in [0.3, 0.4) is 0 Å². The van der Waals surface area contributed by atoms with Crippen molar-refractivity contribution < 1.29 is 7.65 Å². The van der Waals surface area contributed by atoms with E-state index < -0.39 is 0 Å². The summed E-state index contributed by atoms with van der Waals surface area (Å²) in [4.78, 5) is 12.0. The molecule has 9 heavy (non-hydrogen) atoms. The topological polar surface area (TPSA) is 20.3 Å². The molecule has 0 bridgehead atoms. The summed E-state index contributed by atoms with van der Waals surface area (Å²) in [5.41, 5.74) is 0. The molecule has 0 aromatic carbocycles. The van der Waals surface area contributed by atoms with Crippen LogP contribution in [0.4, 0.5) is 0 Å². The van der Waals surface area contributed by atoms with Gasteiger partial charge in [0.05, 0.1) is 6.54 Å². The molecule has 52 valence electrons. The van der Waals surface area contributed by atoms with Crippen molar-refractivity contribution >= 4 is 55.2 Å². The molecule has 0 amide bonds. The third-order valence-electron chi connectivity index (χ3n) is 1.23. The van der Waals surface area contributed by atoms with Crippen molar-refractivity contribution in [3.8, 4) is 0 Å². The molecular formula is C6H15BaNO. The monoisotopic (exact) mass is 255 g/mol. The van der Waals surface area contributed by atoms with Crippen molar-refractivity contribution in [2.45, 2.75) is 13.8 Å². The zero-order valence-corrected chi connectivity index (χ0v) is 10.7. The van der Waals surface area contributed by atoms with Crippen molar-refractivity contribution in [2.75, 3.05) is 19.6 Å². The zero-order valence-electron chi connectivity index (χ0n) is 8.26. The number of likely N-dealkylation sites (N-methyl/N-ethyl adjacent to an activating group) is 1. The Hall–Kier alpha value is 1.20. The quantitative estimate of drug-likeness (QED) is 0.534. The molecule has 0 radical (unpaired) electrons. The average molecular weight is 255 g/mol. The summed E-state index contributed by atoms with van der Waals surface area (Å²) in [7, 11) is 0. The molecule has 0 rings (SSSR count). The zero-order chi connectivity index (χ0) is 6.41. The Balaban J connectivity index is -0.0000000817. The number of nitrogens with zero attached hydrogens (tertiary/aromatic N) is 1. The first-order chi connectivity index (χ1) is 3.85. The van der Waals surface area contributed by atoms with Gasteiger partial charge >= 0.3 is 48.9 Å². The van der Waals surface area contributed by atoms with Crippen LogP contribution >= 0.6 is 0 Å². The van der Waals surface area contributed by atoms with Gasteiger partial charge in [0.15, 0.2) is 0 Å². The summed E-state index contributed by atoms with van der Waals surface area (Å²) < 4.78 is 0. The second-order valence-corrected chi connectivity index (χ2v) is 1.65. The van der Waals surface area contributed by atoms with Gasteiger partial charge in [-0.15, -0.1) is 0 Å². The van der Waals surface area contributed by atoms with E-state index in [-0.39, 0.29) is 51.7 Å². The molecule has 0 aromatic heterocycles. The van der Waals surface area contributed by atoms with E-state index in [2.05, 4.69) is 4.90 Å². The Kier molecular flexibility index (Phi) is 13.1. The molecule has 0 aliphatic carbocycles. The number of hydrogen-bond donors (Lipinski definition) is 0. The van der Waals surface area contributed by atoms with Crippen LogP contribution in [0.5, 0.6) is 0 Å². The predicted molar refractivity (Wildman–Crippen MR) is 41.8 cm³/mol. The largest absolute Gasteiger partial charge is 2.00 e. The summed E-state index contributed by atoms with van der Waals surface area (Å²) >= 11 is 0. The second kappa shape index (κ2) is 9.20. The van der Waals surface area contributed by atoms with E-state index in [0.717, 1.165) is 19.4 Å². The standard InChI is InChI=1S/C6H13NO.Ba.2H/c1-3-7(4-2)5-6-8;;;/h6H,3-5H2,1-2H3;;;/q;+2;2*-1. The fraction of sp³-hybridized carbons (Fsp3) is 0.833. The van der Waals surface area contributed by atoms with Gasteiger partial charge in [0.25, 0.3) is 0 Å². The number of hydrogen-bond acceptors (Lipinski definition) is 2. The SMILES string of the molecule is CCN(CC)CC=O.[Ba+2].[H-].[H-]. The molecule has 0 saturated carbocycles. The first-order valence-corrected chi connectivity index (χ1v) is 3.01. The van der Waals surface area contributed by atoms with Gasteiger partial charge in [0.1, 0.15) is 6.29 Å². The van der Waals surface area contributed by atoms with E-state index in [4.69, 9.17) is 0 Å². The van der Waals surface area contributed by atoms with Gasteiger partial charge in [0, 0.05) is 0 Å². The van der Waals surface area contributed by atoms with E-state index >= 15 is 0 Å². The molecule has 0 N–H and O–H groups in total. The molecular weight excluding hydrogens is 239 g/mol. The summed E-state index contributed by atoms with van der Waals surface area (Å²) in [5.74, 6) is 0. The van der Waals surface area contributed by atoms with Crippen LogP contribution in [-0.4, -0.2) is 79.7 Å². The fourth-order valence-electron chi connectivity index (χ4n) is 0.587. The van der Waals surface area contributed by atoms with Crippen LogP contribution in [-0.2, 0) is 4.79 Å². The first-order valence-electron chi connectivity index (χ1n) is 3.01. The van der Waals surface area contributed by atoms with E-state index in [9.17, 15) is 4.79 Å². The van der Waals surface area contributed by atoms with Gasteiger partial charge in [-0.3, -0.25) is 4.90 Å². The van der Waals surface area contributed by atoms with Crippen molar-refractivity contribution in [2.24, 2.45) is 0 Å². The van der Waals surface area contributed by atoms with Crippen molar-refractivity contribution in [1.82, 2.24) is 4.90 Å². The molecule has 0 saturated heterocycles.